The Morgan fingerprint density at radius 1 is 1.38 bits per heavy atom. The van der Waals surface area contributed by atoms with E-state index in [0.29, 0.717) is 12.0 Å². The summed E-state index contributed by atoms with van der Waals surface area (Å²) in [6.07, 6.45) is 2.83. The van der Waals surface area contributed by atoms with Crippen molar-refractivity contribution in [1.29, 1.82) is 0 Å². The number of nitrogens with zero attached hydrogens (tertiary/aromatic N) is 2. The van der Waals surface area contributed by atoms with E-state index in [-0.39, 0.29) is 0 Å². The Balaban J connectivity index is 2.16. The van der Waals surface area contributed by atoms with Crippen LogP contribution in [0.25, 0.3) is 6.08 Å². The minimum Gasteiger partial charge on any atom is -0.478 e. The monoisotopic (exact) mass is 288 g/mol. The van der Waals surface area contributed by atoms with E-state index < -0.39 is 5.97 Å². The van der Waals surface area contributed by atoms with Gasteiger partial charge in [-0.1, -0.05) is 13.0 Å². The molecule has 1 aliphatic heterocycles. The quantitative estimate of drug-likeness (QED) is 0.865. The minimum atomic E-state index is -0.916. The highest BCUT2D eigenvalue weighted by Crippen LogP contribution is 2.27. The van der Waals surface area contributed by atoms with Crippen LogP contribution in [0.15, 0.2) is 24.3 Å². The Morgan fingerprint density at radius 3 is 2.62 bits per heavy atom. The molecule has 1 saturated heterocycles. The fourth-order valence-corrected chi connectivity index (χ4v) is 3.04. The van der Waals surface area contributed by atoms with Crippen LogP contribution in [0.1, 0.15) is 18.1 Å². The number of anilines is 1. The lowest BCUT2D eigenvalue weighted by Gasteiger charge is -2.23. The van der Waals surface area contributed by atoms with E-state index in [9.17, 15) is 4.79 Å². The molecule has 0 aliphatic carbocycles. The Bertz CT molecular complexity index is 552. The first kappa shape index (κ1) is 15.6. The van der Waals surface area contributed by atoms with E-state index in [2.05, 4.69) is 43.0 Å². The first-order valence-electron chi connectivity index (χ1n) is 7.31. The van der Waals surface area contributed by atoms with Gasteiger partial charge in [-0.15, -0.1) is 0 Å². The van der Waals surface area contributed by atoms with Gasteiger partial charge in [0.05, 0.1) is 0 Å². The number of aliphatic carboxylic acids is 1. The van der Waals surface area contributed by atoms with E-state index in [1.807, 2.05) is 13.0 Å². The van der Waals surface area contributed by atoms with Gasteiger partial charge in [0.1, 0.15) is 0 Å². The average molecular weight is 288 g/mol. The van der Waals surface area contributed by atoms with E-state index in [1.165, 1.54) is 11.8 Å². The van der Waals surface area contributed by atoms with Crippen molar-refractivity contribution in [1.82, 2.24) is 4.90 Å². The lowest BCUT2D eigenvalue weighted by Crippen LogP contribution is -2.34. The molecule has 4 nitrogen and oxygen atoms in total. The third kappa shape index (κ3) is 3.64. The van der Waals surface area contributed by atoms with E-state index in [0.717, 1.165) is 24.2 Å². The van der Waals surface area contributed by atoms with Gasteiger partial charge in [-0.05, 0) is 56.3 Å². The van der Waals surface area contributed by atoms with Gasteiger partial charge in [0.25, 0.3) is 0 Å². The van der Waals surface area contributed by atoms with E-state index >= 15 is 0 Å². The number of hydrogen-bond donors (Lipinski definition) is 1. The smallest absolute Gasteiger partial charge is 0.328 e. The third-order valence-corrected chi connectivity index (χ3v) is 4.26. The lowest BCUT2D eigenvalue weighted by molar-refractivity contribution is -0.131. The number of carbonyl (C=O) groups is 1. The third-order valence-electron chi connectivity index (χ3n) is 4.26. The van der Waals surface area contributed by atoms with Crippen molar-refractivity contribution >= 4 is 17.7 Å². The number of carboxylic acids is 1. The number of rotatable bonds is 4. The van der Waals surface area contributed by atoms with Crippen molar-refractivity contribution in [2.75, 3.05) is 32.1 Å². The molecule has 0 radical (unpaired) electrons. The maximum atomic E-state index is 10.6. The zero-order valence-electron chi connectivity index (χ0n) is 13.2. The Labute approximate surface area is 126 Å². The van der Waals surface area contributed by atoms with Crippen LogP contribution in [0, 0.1) is 12.8 Å². The summed E-state index contributed by atoms with van der Waals surface area (Å²) in [7, 11) is 4.27. The predicted molar refractivity (Wildman–Crippen MR) is 86.7 cm³/mol. The van der Waals surface area contributed by atoms with Crippen molar-refractivity contribution < 1.29 is 9.90 Å². The molecule has 2 unspecified atom stereocenters. The predicted octanol–water partition coefficient (Wildman–Crippen LogP) is 2.48. The van der Waals surface area contributed by atoms with Gasteiger partial charge in [0.2, 0.25) is 0 Å². The van der Waals surface area contributed by atoms with Crippen LogP contribution in [-0.2, 0) is 4.79 Å². The molecular formula is C17H24N2O2. The molecule has 2 atom stereocenters. The van der Waals surface area contributed by atoms with Crippen molar-refractivity contribution in [3.8, 4) is 0 Å². The van der Waals surface area contributed by atoms with Gasteiger partial charge >= 0.3 is 5.97 Å². The molecule has 0 amide bonds. The molecule has 0 bridgehead atoms. The second-order valence-corrected chi connectivity index (χ2v) is 6.13. The normalized spacial score (nSPS) is 22.4. The summed E-state index contributed by atoms with van der Waals surface area (Å²) in [6, 6.07) is 6.81. The van der Waals surface area contributed by atoms with Crippen LogP contribution < -0.4 is 4.90 Å². The highest BCUT2D eigenvalue weighted by Gasteiger charge is 2.31. The number of benzene rings is 1. The fraction of sp³-hybridized carbons (Fsp3) is 0.471. The number of aryl methyl sites for hydroxylation is 1. The topological polar surface area (TPSA) is 43.8 Å². The maximum absolute atomic E-state index is 10.6. The molecule has 0 spiro atoms. The van der Waals surface area contributed by atoms with Crippen LogP contribution in [0.5, 0.6) is 0 Å². The Kier molecular flexibility index (Phi) is 4.68. The largest absolute Gasteiger partial charge is 0.478 e. The molecule has 1 aromatic carbocycles. The first-order valence-corrected chi connectivity index (χ1v) is 7.31. The molecule has 1 aliphatic rings. The summed E-state index contributed by atoms with van der Waals surface area (Å²) in [6.45, 7) is 6.42. The van der Waals surface area contributed by atoms with E-state index in [4.69, 9.17) is 5.11 Å². The molecule has 1 N–H and O–H groups in total. The second kappa shape index (κ2) is 6.31. The van der Waals surface area contributed by atoms with Crippen LogP contribution in [0.3, 0.4) is 0 Å². The van der Waals surface area contributed by atoms with Gasteiger partial charge in [-0.3, -0.25) is 0 Å². The molecule has 1 heterocycles. The molecular weight excluding hydrogens is 264 g/mol. The average Bonchev–Trinajstić information content (AvgIpc) is 2.79. The number of hydrogen-bond acceptors (Lipinski definition) is 3. The molecule has 21 heavy (non-hydrogen) atoms. The maximum Gasteiger partial charge on any atom is 0.328 e. The van der Waals surface area contributed by atoms with Crippen LogP contribution >= 0.6 is 0 Å². The van der Waals surface area contributed by atoms with E-state index in [1.54, 1.807) is 6.08 Å². The molecule has 0 saturated carbocycles. The van der Waals surface area contributed by atoms with Gasteiger partial charge in [0.15, 0.2) is 0 Å². The highest BCUT2D eigenvalue weighted by molar-refractivity contribution is 5.85. The SMILES string of the molecule is Cc1cc(N2CC(C)C(N(C)C)C2)ccc1/C=C/C(=O)O. The molecule has 1 aromatic rings. The summed E-state index contributed by atoms with van der Waals surface area (Å²) >= 11 is 0. The number of carboxylic acid groups (broad SMARTS) is 1. The van der Waals surface area contributed by atoms with Gasteiger partial charge < -0.3 is 14.9 Å². The summed E-state index contributed by atoms with van der Waals surface area (Å²) in [5.74, 6) is -0.271. The minimum absolute atomic E-state index is 0.580. The molecule has 114 valence electrons. The second-order valence-electron chi connectivity index (χ2n) is 6.13. The summed E-state index contributed by atoms with van der Waals surface area (Å²) in [5.41, 5.74) is 3.28. The zero-order chi connectivity index (χ0) is 15.6. The fourth-order valence-electron chi connectivity index (χ4n) is 3.04. The molecule has 1 fully saturated rings. The van der Waals surface area contributed by atoms with Crippen molar-refractivity contribution in [2.45, 2.75) is 19.9 Å². The summed E-state index contributed by atoms with van der Waals surface area (Å²) in [5, 5.41) is 8.70. The molecule has 4 heteroatoms. The van der Waals surface area contributed by atoms with Gasteiger partial charge in [-0.2, -0.15) is 0 Å². The Hall–Kier alpha value is -1.81. The zero-order valence-corrected chi connectivity index (χ0v) is 13.2. The lowest BCUT2D eigenvalue weighted by atomic mass is 10.1. The summed E-state index contributed by atoms with van der Waals surface area (Å²) < 4.78 is 0. The highest BCUT2D eigenvalue weighted by atomic mass is 16.4. The standard InChI is InChI=1S/C17H24N2O2/c1-12-9-15(7-5-14(12)6-8-17(20)21)19-10-13(2)16(11-19)18(3)4/h5-9,13,16H,10-11H2,1-4H3,(H,20,21)/b8-6+. The first-order chi connectivity index (χ1) is 9.88. The van der Waals surface area contributed by atoms with Gasteiger partial charge in [0, 0.05) is 30.9 Å². The summed E-state index contributed by atoms with van der Waals surface area (Å²) in [4.78, 5) is 15.3. The van der Waals surface area contributed by atoms with Crippen LogP contribution in [-0.4, -0.2) is 49.2 Å². The number of likely N-dealkylation sites (N-methyl/N-ethyl adjacent to an activating group) is 1. The van der Waals surface area contributed by atoms with Gasteiger partial charge in [-0.25, -0.2) is 4.79 Å². The van der Waals surface area contributed by atoms with Crippen molar-refractivity contribution in [3.05, 3.63) is 35.4 Å². The van der Waals surface area contributed by atoms with Crippen molar-refractivity contribution in [2.24, 2.45) is 5.92 Å². The van der Waals surface area contributed by atoms with Crippen molar-refractivity contribution in [3.63, 3.8) is 0 Å². The van der Waals surface area contributed by atoms with Crippen LogP contribution in [0.4, 0.5) is 5.69 Å². The molecule has 0 aromatic heterocycles. The molecule has 2 rings (SSSR count). The van der Waals surface area contributed by atoms with Crippen LogP contribution in [0.2, 0.25) is 0 Å². The Morgan fingerprint density at radius 2 is 2.10 bits per heavy atom.